The lowest BCUT2D eigenvalue weighted by Gasteiger charge is -2.41. The van der Waals surface area contributed by atoms with Gasteiger partial charge in [-0.25, -0.2) is 0 Å². The predicted octanol–water partition coefficient (Wildman–Crippen LogP) is 8.71. The van der Waals surface area contributed by atoms with Gasteiger partial charge >= 0.3 is 0 Å². The van der Waals surface area contributed by atoms with Crippen LogP contribution in [0, 0.1) is 17.8 Å². The van der Waals surface area contributed by atoms with Crippen LogP contribution in [-0.2, 0) is 9.09 Å². The van der Waals surface area contributed by atoms with Crippen molar-refractivity contribution in [3.8, 4) is 0 Å². The largest absolute Gasteiger partial charge is 0.378 e. The molecular formula is C31H40BrN2O2P. The average molecular weight is 584 g/mol. The Kier molecular flexibility index (Phi) is 9.21. The zero-order chi connectivity index (χ0) is 26.6. The molecule has 0 aliphatic heterocycles. The summed E-state index contributed by atoms with van der Waals surface area (Å²) in [5.41, 5.74) is 2.93. The van der Waals surface area contributed by atoms with E-state index >= 15 is 4.57 Å². The number of hydrogen-bond donors (Lipinski definition) is 1. The molecule has 1 N–H and O–H groups in total. The number of benzene rings is 3. The molecule has 0 spiro atoms. The van der Waals surface area contributed by atoms with Crippen molar-refractivity contribution in [1.82, 2.24) is 0 Å². The molecule has 6 heteroatoms. The molecule has 198 valence electrons. The second kappa shape index (κ2) is 12.2. The third-order valence-corrected chi connectivity index (χ3v) is 10.8. The molecule has 4 nitrogen and oxygen atoms in total. The standard InChI is InChI=1S/C31H40BrN2O2P/c1-22(2)29-20-11-23(3)21-30(29)36-37(35,28-18-16-27(17-19-28)34(4)5)31(24-12-14-25(32)15-13-24)33-26-9-7-6-8-10-26/h6-10,12-19,22-23,29-31,33H,11,20-21H2,1-5H3/t23-,29+,30-,31+,37+/m1/s1. The number of rotatable bonds is 9. The SMILES string of the molecule is CC(C)[C@@H]1CC[C@@H](C)C[C@H]1O[P@@](=O)(c1ccc(N(C)C)cc1)[C@H](Nc1ccccc1)c1ccc(Br)cc1. The Labute approximate surface area is 231 Å². The van der Waals surface area contributed by atoms with Crippen LogP contribution < -0.4 is 15.5 Å². The van der Waals surface area contributed by atoms with Crippen molar-refractivity contribution in [3.05, 3.63) is 88.9 Å². The van der Waals surface area contributed by atoms with Crippen molar-refractivity contribution in [1.29, 1.82) is 0 Å². The first-order valence-corrected chi connectivity index (χ1v) is 15.8. The van der Waals surface area contributed by atoms with Gasteiger partial charge in [-0.05, 0) is 84.7 Å². The highest BCUT2D eigenvalue weighted by molar-refractivity contribution is 9.10. The number of hydrogen-bond acceptors (Lipinski definition) is 4. The Morgan fingerprint density at radius 1 is 0.946 bits per heavy atom. The average Bonchev–Trinajstić information content (AvgIpc) is 2.88. The summed E-state index contributed by atoms with van der Waals surface area (Å²) in [4.78, 5) is 2.06. The van der Waals surface area contributed by atoms with Crippen molar-refractivity contribution >= 4 is 40.0 Å². The van der Waals surface area contributed by atoms with E-state index in [2.05, 4.69) is 46.9 Å². The van der Waals surface area contributed by atoms with Gasteiger partial charge < -0.3 is 14.7 Å². The van der Waals surface area contributed by atoms with Gasteiger partial charge in [0.2, 0.25) is 0 Å². The second-order valence-corrected chi connectivity index (χ2v) is 14.3. The van der Waals surface area contributed by atoms with Gasteiger partial charge in [0.05, 0.1) is 6.10 Å². The van der Waals surface area contributed by atoms with Crippen molar-refractivity contribution < 1.29 is 9.09 Å². The first-order chi connectivity index (χ1) is 17.7. The molecule has 3 aromatic carbocycles. The van der Waals surface area contributed by atoms with E-state index in [1.165, 1.54) is 6.42 Å². The molecule has 0 aromatic heterocycles. The van der Waals surface area contributed by atoms with Crippen molar-refractivity contribution in [2.24, 2.45) is 17.8 Å². The lowest BCUT2D eigenvalue weighted by atomic mass is 9.75. The topological polar surface area (TPSA) is 41.6 Å². The van der Waals surface area contributed by atoms with Crippen molar-refractivity contribution in [3.63, 3.8) is 0 Å². The zero-order valence-corrected chi connectivity index (χ0v) is 25.1. The molecule has 0 bridgehead atoms. The molecule has 37 heavy (non-hydrogen) atoms. The fraction of sp³-hybridized carbons (Fsp3) is 0.419. The van der Waals surface area contributed by atoms with Crippen LogP contribution in [0.2, 0.25) is 0 Å². The number of halogens is 1. The van der Waals surface area contributed by atoms with Crippen LogP contribution >= 0.6 is 23.3 Å². The van der Waals surface area contributed by atoms with Gasteiger partial charge in [0.1, 0.15) is 5.78 Å². The third kappa shape index (κ3) is 6.69. The summed E-state index contributed by atoms with van der Waals surface area (Å²) in [6, 6.07) is 26.2. The summed E-state index contributed by atoms with van der Waals surface area (Å²) in [5, 5.41) is 4.37. The normalized spacial score (nSPS) is 22.3. The molecule has 3 aromatic rings. The number of nitrogens with zero attached hydrogens (tertiary/aromatic N) is 1. The van der Waals surface area contributed by atoms with E-state index in [0.29, 0.717) is 17.8 Å². The van der Waals surface area contributed by atoms with Gasteiger partial charge in [-0.15, -0.1) is 0 Å². The molecule has 0 amide bonds. The summed E-state index contributed by atoms with van der Waals surface area (Å²) >= 11 is 3.56. The summed E-state index contributed by atoms with van der Waals surface area (Å²) in [6.45, 7) is 6.82. The molecular weight excluding hydrogens is 543 g/mol. The molecule has 1 fully saturated rings. The molecule has 1 saturated carbocycles. The first kappa shape index (κ1) is 28.0. The smallest absolute Gasteiger partial charge is 0.258 e. The number of para-hydroxylation sites is 1. The van der Waals surface area contributed by atoms with E-state index in [0.717, 1.165) is 39.6 Å². The Balaban J connectivity index is 1.84. The molecule has 1 aliphatic rings. The quantitative estimate of drug-likeness (QED) is 0.256. The van der Waals surface area contributed by atoms with Gasteiger partial charge in [-0.2, -0.15) is 0 Å². The molecule has 5 atom stereocenters. The van der Waals surface area contributed by atoms with Crippen LogP contribution in [0.25, 0.3) is 0 Å². The maximum Gasteiger partial charge on any atom is 0.258 e. The Morgan fingerprint density at radius 3 is 2.19 bits per heavy atom. The lowest BCUT2D eigenvalue weighted by Crippen LogP contribution is -2.35. The fourth-order valence-electron chi connectivity index (χ4n) is 5.37. The number of nitrogens with one attached hydrogen (secondary N) is 1. The van der Waals surface area contributed by atoms with Crippen LogP contribution in [0.4, 0.5) is 11.4 Å². The Bertz CT molecular complexity index is 1180. The highest BCUT2D eigenvalue weighted by Gasteiger charge is 2.43. The molecule has 0 radical (unpaired) electrons. The number of anilines is 2. The first-order valence-electron chi connectivity index (χ1n) is 13.3. The van der Waals surface area contributed by atoms with Gasteiger partial charge in [0.25, 0.3) is 7.37 Å². The zero-order valence-electron chi connectivity index (χ0n) is 22.6. The summed E-state index contributed by atoms with van der Waals surface area (Å²) < 4.78 is 23.5. The maximum atomic E-state index is 15.5. The van der Waals surface area contributed by atoms with E-state index in [-0.39, 0.29) is 6.10 Å². The van der Waals surface area contributed by atoms with E-state index < -0.39 is 13.2 Å². The third-order valence-electron chi connectivity index (χ3n) is 7.58. The van der Waals surface area contributed by atoms with Crippen molar-refractivity contribution in [2.45, 2.75) is 51.9 Å². The minimum absolute atomic E-state index is 0.0568. The van der Waals surface area contributed by atoms with Gasteiger partial charge in [0.15, 0.2) is 0 Å². The van der Waals surface area contributed by atoms with Crippen LogP contribution in [0.1, 0.15) is 51.4 Å². The van der Waals surface area contributed by atoms with Crippen LogP contribution in [0.5, 0.6) is 0 Å². The van der Waals surface area contributed by atoms with Gasteiger partial charge in [-0.3, -0.25) is 4.57 Å². The van der Waals surface area contributed by atoms with Crippen LogP contribution in [0.15, 0.2) is 83.3 Å². The molecule has 0 heterocycles. The van der Waals surface area contributed by atoms with E-state index in [1.54, 1.807) is 0 Å². The highest BCUT2D eigenvalue weighted by atomic mass is 79.9. The van der Waals surface area contributed by atoms with E-state index in [9.17, 15) is 0 Å². The highest BCUT2D eigenvalue weighted by Crippen LogP contribution is 2.61. The minimum Gasteiger partial charge on any atom is -0.378 e. The second-order valence-electron chi connectivity index (χ2n) is 10.9. The summed E-state index contributed by atoms with van der Waals surface area (Å²) in [5.74, 6) is 0.874. The molecule has 0 saturated heterocycles. The monoisotopic (exact) mass is 582 g/mol. The molecule has 0 unspecified atom stereocenters. The van der Waals surface area contributed by atoms with E-state index in [1.807, 2.05) is 93.0 Å². The van der Waals surface area contributed by atoms with Crippen molar-refractivity contribution in [2.75, 3.05) is 24.3 Å². The Hall–Kier alpha value is -2.07. The molecule has 4 rings (SSSR count). The summed E-state index contributed by atoms with van der Waals surface area (Å²) in [7, 11) is 0.583. The van der Waals surface area contributed by atoms with Gasteiger partial charge in [-0.1, -0.05) is 73.5 Å². The minimum atomic E-state index is -3.45. The van der Waals surface area contributed by atoms with E-state index in [4.69, 9.17) is 4.52 Å². The lowest BCUT2D eigenvalue weighted by molar-refractivity contribution is 0.0489. The van der Waals surface area contributed by atoms with Crippen LogP contribution in [-0.4, -0.2) is 20.2 Å². The molecule has 1 aliphatic carbocycles. The van der Waals surface area contributed by atoms with Crippen LogP contribution in [0.3, 0.4) is 0 Å². The fourth-order valence-corrected chi connectivity index (χ4v) is 8.27. The predicted molar refractivity (Wildman–Crippen MR) is 161 cm³/mol. The Morgan fingerprint density at radius 2 is 1.59 bits per heavy atom. The maximum absolute atomic E-state index is 15.5. The van der Waals surface area contributed by atoms with Gasteiger partial charge in [0, 0.05) is 35.2 Å². The summed E-state index contributed by atoms with van der Waals surface area (Å²) in [6.07, 6.45) is 3.18.